The van der Waals surface area contributed by atoms with Gasteiger partial charge in [0.2, 0.25) is 0 Å². The maximum atomic E-state index is 13.0. The largest absolute Gasteiger partial charge is 0.486 e. The lowest BCUT2D eigenvalue weighted by Crippen LogP contribution is -2.53. The van der Waals surface area contributed by atoms with E-state index in [0.717, 1.165) is 10.0 Å². The van der Waals surface area contributed by atoms with Gasteiger partial charge in [-0.1, -0.05) is 46.3 Å². The number of carbonyl (C=O) groups is 2. The summed E-state index contributed by atoms with van der Waals surface area (Å²) < 4.78 is 6.74. The van der Waals surface area contributed by atoms with E-state index in [4.69, 9.17) is 4.74 Å². The molecule has 2 heterocycles. The molecule has 3 aromatic rings. The Bertz CT molecular complexity index is 1090. The van der Waals surface area contributed by atoms with E-state index in [0.29, 0.717) is 18.0 Å². The number of benzene rings is 2. The number of aromatic nitrogens is 4. The minimum Gasteiger partial charge on any atom is -0.486 e. The lowest BCUT2D eigenvalue weighted by Gasteiger charge is -2.23. The van der Waals surface area contributed by atoms with Crippen molar-refractivity contribution in [3.05, 3.63) is 64.4 Å². The summed E-state index contributed by atoms with van der Waals surface area (Å²) in [4.78, 5) is 28.5. The van der Waals surface area contributed by atoms with Crippen molar-refractivity contribution < 1.29 is 14.3 Å². The van der Waals surface area contributed by atoms with Crippen LogP contribution in [0.4, 0.5) is 5.69 Å². The summed E-state index contributed by atoms with van der Waals surface area (Å²) in [6.45, 7) is 2.11. The van der Waals surface area contributed by atoms with Crippen LogP contribution in [-0.2, 0) is 11.3 Å². The molecule has 0 bridgehead atoms. The Balaban J connectivity index is 1.50. The highest BCUT2D eigenvalue weighted by Gasteiger charge is 2.36. The molecule has 1 aliphatic rings. The second-order valence-corrected chi connectivity index (χ2v) is 7.83. The fourth-order valence-electron chi connectivity index (χ4n) is 3.18. The zero-order valence-corrected chi connectivity index (χ0v) is 17.9. The SMILES string of the molecule is C[C@H]1Oc2ccc(Br)cc2N(C)C(=O)[C@H]1NC(=O)c1nnn(Cc2ccccc2)n1. The van der Waals surface area contributed by atoms with Crippen molar-refractivity contribution in [1.29, 1.82) is 0 Å². The van der Waals surface area contributed by atoms with Crippen LogP contribution in [0.2, 0.25) is 0 Å². The summed E-state index contributed by atoms with van der Waals surface area (Å²) >= 11 is 3.40. The Labute approximate surface area is 181 Å². The van der Waals surface area contributed by atoms with Crippen molar-refractivity contribution in [2.75, 3.05) is 11.9 Å². The van der Waals surface area contributed by atoms with Crippen LogP contribution in [0.25, 0.3) is 0 Å². The maximum absolute atomic E-state index is 13.0. The predicted molar refractivity (Wildman–Crippen MR) is 112 cm³/mol. The Morgan fingerprint density at radius 1 is 1.23 bits per heavy atom. The zero-order valence-electron chi connectivity index (χ0n) is 16.3. The van der Waals surface area contributed by atoms with Gasteiger partial charge in [0, 0.05) is 11.5 Å². The predicted octanol–water partition coefficient (Wildman–Crippen LogP) is 2.03. The number of rotatable bonds is 4. The van der Waals surface area contributed by atoms with Gasteiger partial charge in [-0.2, -0.15) is 4.80 Å². The van der Waals surface area contributed by atoms with E-state index in [-0.39, 0.29) is 11.7 Å². The summed E-state index contributed by atoms with van der Waals surface area (Å²) in [6.07, 6.45) is -0.592. The lowest BCUT2D eigenvalue weighted by atomic mass is 10.1. The van der Waals surface area contributed by atoms with Crippen LogP contribution >= 0.6 is 15.9 Å². The van der Waals surface area contributed by atoms with Gasteiger partial charge in [0.1, 0.15) is 17.9 Å². The third kappa shape index (κ3) is 4.04. The fourth-order valence-corrected chi connectivity index (χ4v) is 3.53. The first-order valence-corrected chi connectivity index (χ1v) is 10.1. The van der Waals surface area contributed by atoms with Gasteiger partial charge in [0.05, 0.1) is 12.2 Å². The quantitative estimate of drug-likeness (QED) is 0.625. The third-order valence-electron chi connectivity index (χ3n) is 4.77. The molecule has 4 rings (SSSR count). The van der Waals surface area contributed by atoms with Crippen molar-refractivity contribution in [3.63, 3.8) is 0 Å². The normalized spacial score (nSPS) is 18.4. The van der Waals surface area contributed by atoms with E-state index in [1.54, 1.807) is 26.1 Å². The summed E-state index contributed by atoms with van der Waals surface area (Å²) in [7, 11) is 1.64. The van der Waals surface area contributed by atoms with Gasteiger partial charge >= 0.3 is 0 Å². The summed E-state index contributed by atoms with van der Waals surface area (Å²) in [6, 6.07) is 14.1. The van der Waals surface area contributed by atoms with Crippen LogP contribution in [0.3, 0.4) is 0 Å². The Morgan fingerprint density at radius 2 is 2.00 bits per heavy atom. The molecule has 0 saturated carbocycles. The number of fused-ring (bicyclic) bond motifs is 1. The standard InChI is InChI=1S/C20H19BrN6O3/c1-12-17(20(29)26(2)15-10-14(21)8-9-16(15)30-12)22-19(28)18-23-25-27(24-18)11-13-6-4-3-5-7-13/h3-10,12,17H,11H2,1-2H3,(H,22,28)/t12-,17+/m1/s1. The molecule has 0 saturated heterocycles. The fraction of sp³-hybridized carbons (Fsp3) is 0.250. The van der Waals surface area contributed by atoms with Crippen LogP contribution in [-0.4, -0.2) is 51.2 Å². The van der Waals surface area contributed by atoms with Crippen LogP contribution in [0.5, 0.6) is 5.75 Å². The molecule has 2 atom stereocenters. The highest BCUT2D eigenvalue weighted by Crippen LogP contribution is 2.34. The molecule has 1 N–H and O–H groups in total. The summed E-state index contributed by atoms with van der Waals surface area (Å²) in [5.74, 6) is -0.448. The van der Waals surface area contributed by atoms with Gasteiger partial charge in [-0.3, -0.25) is 9.59 Å². The lowest BCUT2D eigenvalue weighted by molar-refractivity contribution is -0.121. The molecule has 0 spiro atoms. The van der Waals surface area contributed by atoms with Crippen molar-refractivity contribution in [1.82, 2.24) is 25.5 Å². The number of hydrogen-bond donors (Lipinski definition) is 1. The smallest absolute Gasteiger partial charge is 0.293 e. The average Bonchev–Trinajstić information content (AvgIpc) is 3.18. The second kappa shape index (κ2) is 8.23. The van der Waals surface area contributed by atoms with Gasteiger partial charge < -0.3 is 15.0 Å². The number of amides is 2. The van der Waals surface area contributed by atoms with Gasteiger partial charge in [-0.15, -0.1) is 10.2 Å². The van der Waals surface area contributed by atoms with Crippen LogP contribution in [0, 0.1) is 0 Å². The number of anilines is 1. The first-order chi connectivity index (χ1) is 14.4. The van der Waals surface area contributed by atoms with Crippen molar-refractivity contribution in [2.24, 2.45) is 0 Å². The Kier molecular flexibility index (Phi) is 5.49. The highest BCUT2D eigenvalue weighted by atomic mass is 79.9. The monoisotopic (exact) mass is 470 g/mol. The van der Waals surface area contributed by atoms with E-state index in [1.807, 2.05) is 36.4 Å². The zero-order chi connectivity index (χ0) is 21.3. The number of halogens is 1. The number of nitrogens with zero attached hydrogens (tertiary/aromatic N) is 5. The van der Waals surface area contributed by atoms with Gasteiger partial charge in [0.25, 0.3) is 17.6 Å². The number of tetrazole rings is 1. The molecule has 2 amide bonds. The second-order valence-electron chi connectivity index (χ2n) is 6.91. The molecular formula is C20H19BrN6O3. The molecule has 0 unspecified atom stereocenters. The van der Waals surface area contributed by atoms with E-state index in [2.05, 4.69) is 36.7 Å². The first-order valence-electron chi connectivity index (χ1n) is 9.29. The topological polar surface area (TPSA) is 102 Å². The number of hydrogen-bond acceptors (Lipinski definition) is 6. The summed E-state index contributed by atoms with van der Waals surface area (Å²) in [5.41, 5.74) is 1.60. The summed E-state index contributed by atoms with van der Waals surface area (Å²) in [5, 5.41) is 14.6. The molecule has 0 aliphatic carbocycles. The molecule has 154 valence electrons. The van der Waals surface area contributed by atoms with Gasteiger partial charge in [-0.05, 0) is 35.9 Å². The molecule has 1 aliphatic heterocycles. The molecule has 9 nitrogen and oxygen atoms in total. The molecule has 0 fully saturated rings. The molecule has 1 aromatic heterocycles. The number of likely N-dealkylation sites (N-methyl/N-ethyl adjacent to an activating group) is 1. The van der Waals surface area contributed by atoms with Crippen molar-refractivity contribution in [3.8, 4) is 5.75 Å². The highest BCUT2D eigenvalue weighted by molar-refractivity contribution is 9.10. The Morgan fingerprint density at radius 3 is 2.77 bits per heavy atom. The molecule has 2 aromatic carbocycles. The van der Waals surface area contributed by atoms with E-state index < -0.39 is 18.1 Å². The van der Waals surface area contributed by atoms with E-state index in [9.17, 15) is 9.59 Å². The Hall–Kier alpha value is -3.27. The van der Waals surface area contributed by atoms with Gasteiger partial charge in [-0.25, -0.2) is 0 Å². The minimum atomic E-state index is -0.908. The number of carbonyl (C=O) groups excluding carboxylic acids is 2. The first kappa shape index (κ1) is 20.0. The molecule has 10 heteroatoms. The van der Waals surface area contributed by atoms with Crippen LogP contribution < -0.4 is 15.0 Å². The molecule has 30 heavy (non-hydrogen) atoms. The van der Waals surface area contributed by atoms with Gasteiger partial charge in [0.15, 0.2) is 0 Å². The number of nitrogens with one attached hydrogen (secondary N) is 1. The number of ether oxygens (including phenoxy) is 1. The molecular weight excluding hydrogens is 452 g/mol. The van der Waals surface area contributed by atoms with Crippen molar-refractivity contribution >= 4 is 33.4 Å². The van der Waals surface area contributed by atoms with E-state index in [1.165, 1.54) is 9.70 Å². The van der Waals surface area contributed by atoms with Crippen molar-refractivity contribution in [2.45, 2.75) is 25.6 Å². The van der Waals surface area contributed by atoms with Crippen LogP contribution in [0.1, 0.15) is 23.1 Å². The van der Waals surface area contributed by atoms with Crippen LogP contribution in [0.15, 0.2) is 53.0 Å². The third-order valence-corrected chi connectivity index (χ3v) is 5.26. The maximum Gasteiger partial charge on any atom is 0.293 e. The minimum absolute atomic E-state index is 0.113. The molecule has 0 radical (unpaired) electrons. The average molecular weight is 471 g/mol. The van der Waals surface area contributed by atoms with E-state index >= 15 is 0 Å².